The minimum atomic E-state index is 0.520. The molecule has 0 bridgehead atoms. The first kappa shape index (κ1) is 8.69. The largest absolute Gasteiger partial charge is 0.311 e. The molecule has 0 saturated carbocycles. The second kappa shape index (κ2) is 3.10. The molecule has 3 atom stereocenters. The zero-order valence-corrected chi connectivity index (χ0v) is 8.36. The van der Waals surface area contributed by atoms with Crippen molar-refractivity contribution >= 4 is 0 Å². The summed E-state index contributed by atoms with van der Waals surface area (Å²) in [6, 6.07) is 1.12. The van der Waals surface area contributed by atoms with Gasteiger partial charge in [0.05, 0.1) is 11.9 Å². The van der Waals surface area contributed by atoms with E-state index in [-0.39, 0.29) is 0 Å². The van der Waals surface area contributed by atoms with E-state index < -0.39 is 0 Å². The minimum absolute atomic E-state index is 0.520. The van der Waals surface area contributed by atoms with Crippen molar-refractivity contribution in [1.82, 2.24) is 20.3 Å². The smallest absolute Gasteiger partial charge is 0.0873 e. The predicted molar refractivity (Wildman–Crippen MR) is 50.4 cm³/mol. The Kier molecular flexibility index (Phi) is 2.07. The van der Waals surface area contributed by atoms with Crippen molar-refractivity contribution < 1.29 is 0 Å². The van der Waals surface area contributed by atoms with Crippen LogP contribution in [0.1, 0.15) is 31.9 Å². The van der Waals surface area contributed by atoms with E-state index in [0.29, 0.717) is 18.0 Å². The topological polar surface area (TPSA) is 42.7 Å². The molecular weight excluding hydrogens is 164 g/mol. The zero-order valence-electron chi connectivity index (χ0n) is 8.36. The second-order valence-electron chi connectivity index (χ2n) is 3.96. The van der Waals surface area contributed by atoms with Crippen molar-refractivity contribution in [2.45, 2.75) is 38.3 Å². The van der Waals surface area contributed by atoms with Crippen LogP contribution in [0.5, 0.6) is 0 Å². The highest BCUT2D eigenvalue weighted by Gasteiger charge is 2.30. The molecule has 4 nitrogen and oxygen atoms in total. The van der Waals surface area contributed by atoms with E-state index in [1.165, 1.54) is 6.42 Å². The number of aryl methyl sites for hydroxylation is 1. The number of nitrogens with one attached hydrogen (secondary N) is 1. The maximum Gasteiger partial charge on any atom is 0.0873 e. The van der Waals surface area contributed by atoms with Crippen LogP contribution in [0, 0.1) is 0 Å². The molecule has 1 aromatic heterocycles. The highest BCUT2D eigenvalue weighted by molar-refractivity contribution is 5.09. The van der Waals surface area contributed by atoms with Crippen LogP contribution < -0.4 is 5.32 Å². The average molecular weight is 180 g/mol. The first-order chi connectivity index (χ1) is 6.16. The molecule has 13 heavy (non-hydrogen) atoms. The number of nitrogens with zero attached hydrogens (tertiary/aromatic N) is 3. The lowest BCUT2D eigenvalue weighted by molar-refractivity contribution is 0.558. The van der Waals surface area contributed by atoms with Crippen molar-refractivity contribution in [3.63, 3.8) is 0 Å². The van der Waals surface area contributed by atoms with Gasteiger partial charge in [-0.3, -0.25) is 0 Å². The fourth-order valence-electron chi connectivity index (χ4n) is 2.13. The highest BCUT2D eigenvalue weighted by Crippen LogP contribution is 2.28. The average Bonchev–Trinajstić information content (AvgIpc) is 2.58. The summed E-state index contributed by atoms with van der Waals surface area (Å²) in [5, 5.41) is 11.9. The normalized spacial score (nSPS) is 33.9. The van der Waals surface area contributed by atoms with Crippen molar-refractivity contribution in [1.29, 1.82) is 0 Å². The molecular formula is C9H16N4. The molecule has 0 aromatic carbocycles. The molecule has 2 heterocycles. The summed E-state index contributed by atoms with van der Waals surface area (Å²) >= 11 is 0. The molecule has 1 aliphatic rings. The minimum Gasteiger partial charge on any atom is -0.311 e. The summed E-state index contributed by atoms with van der Waals surface area (Å²) in [6.45, 7) is 4.43. The number of rotatable bonds is 1. The highest BCUT2D eigenvalue weighted by atomic mass is 15.4. The third kappa shape index (κ3) is 1.58. The van der Waals surface area contributed by atoms with E-state index in [1.807, 2.05) is 13.2 Å². The van der Waals surface area contributed by atoms with E-state index in [0.717, 1.165) is 5.69 Å². The fourth-order valence-corrected chi connectivity index (χ4v) is 2.13. The molecule has 3 unspecified atom stereocenters. The molecule has 1 aromatic rings. The molecule has 0 radical (unpaired) electrons. The summed E-state index contributed by atoms with van der Waals surface area (Å²) in [5.41, 5.74) is 1.12. The Balaban J connectivity index is 2.17. The Hall–Kier alpha value is -0.900. The van der Waals surface area contributed by atoms with Gasteiger partial charge >= 0.3 is 0 Å². The molecule has 0 aliphatic carbocycles. The molecule has 1 aliphatic heterocycles. The maximum atomic E-state index is 4.34. The third-order valence-electron chi connectivity index (χ3n) is 2.76. The molecule has 1 fully saturated rings. The Morgan fingerprint density at radius 1 is 1.54 bits per heavy atom. The monoisotopic (exact) mass is 180 g/mol. The molecule has 0 spiro atoms. The van der Waals surface area contributed by atoms with E-state index >= 15 is 0 Å². The predicted octanol–water partition coefficient (Wildman–Crippen LogP) is 0.669. The second-order valence-corrected chi connectivity index (χ2v) is 3.96. The molecule has 72 valence electrons. The molecule has 4 heteroatoms. The SMILES string of the molecule is CC1CC(c2cnn(C)n2)C(C)N1. The van der Waals surface area contributed by atoms with Gasteiger partial charge in [-0.1, -0.05) is 0 Å². The first-order valence-corrected chi connectivity index (χ1v) is 4.79. The number of aromatic nitrogens is 3. The van der Waals surface area contributed by atoms with Gasteiger partial charge in [-0.05, 0) is 20.3 Å². The lowest BCUT2D eigenvalue weighted by atomic mass is 9.97. The van der Waals surface area contributed by atoms with Crippen LogP contribution in [0.15, 0.2) is 6.20 Å². The summed E-state index contributed by atoms with van der Waals surface area (Å²) < 4.78 is 0. The van der Waals surface area contributed by atoms with Gasteiger partial charge in [0, 0.05) is 25.0 Å². The van der Waals surface area contributed by atoms with E-state index in [2.05, 4.69) is 29.4 Å². The Bertz CT molecular complexity index is 294. The van der Waals surface area contributed by atoms with Gasteiger partial charge < -0.3 is 5.32 Å². The third-order valence-corrected chi connectivity index (χ3v) is 2.76. The summed E-state index contributed by atoms with van der Waals surface area (Å²) in [5.74, 6) is 0.531. The van der Waals surface area contributed by atoms with Crippen LogP contribution >= 0.6 is 0 Å². The maximum absolute atomic E-state index is 4.34. The van der Waals surface area contributed by atoms with Crippen molar-refractivity contribution in [2.24, 2.45) is 7.05 Å². The summed E-state index contributed by atoms with van der Waals surface area (Å²) in [7, 11) is 1.86. The van der Waals surface area contributed by atoms with Crippen LogP contribution in [0.25, 0.3) is 0 Å². The lowest BCUT2D eigenvalue weighted by Gasteiger charge is -2.10. The van der Waals surface area contributed by atoms with Gasteiger partial charge in [-0.15, -0.1) is 0 Å². The van der Waals surface area contributed by atoms with Crippen LogP contribution in [0.3, 0.4) is 0 Å². The van der Waals surface area contributed by atoms with Crippen molar-refractivity contribution in [3.8, 4) is 0 Å². The molecule has 1 saturated heterocycles. The van der Waals surface area contributed by atoms with Crippen LogP contribution in [-0.4, -0.2) is 27.1 Å². The summed E-state index contributed by atoms with van der Waals surface area (Å²) in [6.07, 6.45) is 3.04. The lowest BCUT2D eigenvalue weighted by Crippen LogP contribution is -2.26. The van der Waals surface area contributed by atoms with Crippen LogP contribution in [0.2, 0.25) is 0 Å². The van der Waals surface area contributed by atoms with Crippen LogP contribution in [-0.2, 0) is 7.05 Å². The first-order valence-electron chi connectivity index (χ1n) is 4.79. The Morgan fingerprint density at radius 3 is 2.77 bits per heavy atom. The molecule has 1 N–H and O–H groups in total. The van der Waals surface area contributed by atoms with E-state index in [9.17, 15) is 0 Å². The quantitative estimate of drug-likeness (QED) is 0.690. The van der Waals surface area contributed by atoms with Crippen LogP contribution in [0.4, 0.5) is 0 Å². The van der Waals surface area contributed by atoms with Gasteiger partial charge in [0.15, 0.2) is 0 Å². The van der Waals surface area contributed by atoms with E-state index in [1.54, 1.807) is 4.80 Å². The zero-order chi connectivity index (χ0) is 9.42. The van der Waals surface area contributed by atoms with Gasteiger partial charge in [0.1, 0.15) is 0 Å². The Labute approximate surface area is 78.3 Å². The number of hydrogen-bond acceptors (Lipinski definition) is 3. The fraction of sp³-hybridized carbons (Fsp3) is 0.778. The Morgan fingerprint density at radius 2 is 2.31 bits per heavy atom. The van der Waals surface area contributed by atoms with Gasteiger partial charge in [0.2, 0.25) is 0 Å². The van der Waals surface area contributed by atoms with Gasteiger partial charge in [-0.2, -0.15) is 15.0 Å². The van der Waals surface area contributed by atoms with E-state index in [4.69, 9.17) is 0 Å². The standard InChI is InChI=1S/C9H16N4/c1-6-4-8(7(2)11-6)9-5-10-13(3)12-9/h5-8,11H,4H2,1-3H3. The van der Waals surface area contributed by atoms with Gasteiger partial charge in [-0.25, -0.2) is 0 Å². The van der Waals surface area contributed by atoms with Crippen molar-refractivity contribution in [2.75, 3.05) is 0 Å². The van der Waals surface area contributed by atoms with Crippen molar-refractivity contribution in [3.05, 3.63) is 11.9 Å². The number of hydrogen-bond donors (Lipinski definition) is 1. The summed E-state index contributed by atoms with van der Waals surface area (Å²) in [4.78, 5) is 1.63. The molecule has 2 rings (SSSR count). The molecule has 0 amide bonds. The van der Waals surface area contributed by atoms with Gasteiger partial charge in [0.25, 0.3) is 0 Å².